The molecule has 1 unspecified atom stereocenters. The van der Waals surface area contributed by atoms with E-state index in [0.717, 1.165) is 18.4 Å². The van der Waals surface area contributed by atoms with Crippen molar-refractivity contribution in [3.8, 4) is 5.75 Å². The van der Waals surface area contributed by atoms with E-state index >= 15 is 0 Å². The minimum atomic E-state index is -0.356. The van der Waals surface area contributed by atoms with Gasteiger partial charge in [-0.1, -0.05) is 13.0 Å². The van der Waals surface area contributed by atoms with Crippen LogP contribution in [0.5, 0.6) is 5.75 Å². The summed E-state index contributed by atoms with van der Waals surface area (Å²) in [4.78, 5) is 11.4. The van der Waals surface area contributed by atoms with Gasteiger partial charge in [0.15, 0.2) is 11.6 Å². The normalized spacial score (nSPS) is 22.9. The smallest absolute Gasteiger partial charge is 0.220 e. The third kappa shape index (κ3) is 2.47. The number of ether oxygens (including phenoxy) is 1. The number of carbonyl (C=O) groups is 1. The molecule has 4 heteroatoms. The van der Waals surface area contributed by atoms with Crippen molar-refractivity contribution in [3.05, 3.63) is 29.6 Å². The Morgan fingerprint density at radius 2 is 2.28 bits per heavy atom. The maximum Gasteiger partial charge on any atom is 0.220 e. The number of halogens is 1. The monoisotopic (exact) mass is 251 g/mol. The lowest BCUT2D eigenvalue weighted by Gasteiger charge is -2.28. The van der Waals surface area contributed by atoms with Crippen molar-refractivity contribution in [2.45, 2.75) is 38.1 Å². The molecule has 0 aliphatic carbocycles. The molecule has 0 bridgehead atoms. The summed E-state index contributed by atoms with van der Waals surface area (Å²) in [5, 5.41) is 3.02. The highest BCUT2D eigenvalue weighted by atomic mass is 19.1. The van der Waals surface area contributed by atoms with E-state index in [1.165, 1.54) is 13.2 Å². The number of rotatable bonds is 4. The molecular weight excluding hydrogens is 233 g/mol. The van der Waals surface area contributed by atoms with Crippen molar-refractivity contribution in [2.75, 3.05) is 7.11 Å². The molecule has 18 heavy (non-hydrogen) atoms. The molecule has 1 heterocycles. The van der Waals surface area contributed by atoms with Gasteiger partial charge in [-0.25, -0.2) is 4.39 Å². The number of amides is 1. The third-order valence-corrected chi connectivity index (χ3v) is 3.67. The lowest BCUT2D eigenvalue weighted by Crippen LogP contribution is -2.42. The molecule has 1 amide bonds. The summed E-state index contributed by atoms with van der Waals surface area (Å²) in [6.45, 7) is 2.05. The Balaban J connectivity index is 2.17. The molecule has 0 radical (unpaired) electrons. The average Bonchev–Trinajstić information content (AvgIpc) is 2.72. The Kier molecular flexibility index (Phi) is 3.55. The molecule has 1 aliphatic heterocycles. The second-order valence-corrected chi connectivity index (χ2v) is 4.83. The summed E-state index contributed by atoms with van der Waals surface area (Å²) in [6.07, 6.45) is 2.89. The molecule has 98 valence electrons. The topological polar surface area (TPSA) is 38.3 Å². The van der Waals surface area contributed by atoms with Gasteiger partial charge in [0.05, 0.1) is 7.11 Å². The van der Waals surface area contributed by atoms with Gasteiger partial charge in [-0.2, -0.15) is 0 Å². The van der Waals surface area contributed by atoms with Gasteiger partial charge in [0.2, 0.25) is 5.91 Å². The maximum atomic E-state index is 13.6. The standard InChI is InChI=1S/C14H18FNO2/c1-3-14(7-6-13(17)16-14)9-10-4-5-12(18-2)11(15)8-10/h4-5,8H,3,6-7,9H2,1-2H3,(H,16,17). The Morgan fingerprint density at radius 1 is 1.50 bits per heavy atom. The predicted molar refractivity (Wildman–Crippen MR) is 67.1 cm³/mol. The van der Waals surface area contributed by atoms with E-state index in [9.17, 15) is 9.18 Å². The average molecular weight is 251 g/mol. The van der Waals surface area contributed by atoms with Crippen LogP contribution in [-0.4, -0.2) is 18.6 Å². The zero-order valence-corrected chi connectivity index (χ0v) is 10.8. The first-order valence-electron chi connectivity index (χ1n) is 6.22. The van der Waals surface area contributed by atoms with Crippen LogP contribution in [0, 0.1) is 5.82 Å². The van der Waals surface area contributed by atoms with Crippen LogP contribution in [-0.2, 0) is 11.2 Å². The number of hydrogen-bond donors (Lipinski definition) is 1. The van der Waals surface area contributed by atoms with Gasteiger partial charge in [-0.15, -0.1) is 0 Å². The van der Waals surface area contributed by atoms with Gasteiger partial charge >= 0.3 is 0 Å². The number of nitrogens with one attached hydrogen (secondary N) is 1. The molecule has 1 saturated heterocycles. The van der Waals surface area contributed by atoms with E-state index in [0.29, 0.717) is 12.8 Å². The Bertz CT molecular complexity index is 461. The summed E-state index contributed by atoms with van der Waals surface area (Å²) in [5.41, 5.74) is 0.676. The van der Waals surface area contributed by atoms with E-state index in [1.54, 1.807) is 6.07 Å². The zero-order chi connectivity index (χ0) is 13.2. The van der Waals surface area contributed by atoms with Crippen molar-refractivity contribution in [1.82, 2.24) is 5.32 Å². The van der Waals surface area contributed by atoms with Gasteiger partial charge in [-0.05, 0) is 37.0 Å². The highest BCUT2D eigenvalue weighted by molar-refractivity contribution is 5.79. The van der Waals surface area contributed by atoms with Gasteiger partial charge in [0.1, 0.15) is 0 Å². The fourth-order valence-electron chi connectivity index (χ4n) is 2.51. The summed E-state index contributed by atoms with van der Waals surface area (Å²) < 4.78 is 18.5. The molecule has 3 nitrogen and oxygen atoms in total. The van der Waals surface area contributed by atoms with Crippen LogP contribution in [0.2, 0.25) is 0 Å². The lowest BCUT2D eigenvalue weighted by atomic mass is 9.87. The Hall–Kier alpha value is -1.58. The van der Waals surface area contributed by atoms with Crippen molar-refractivity contribution >= 4 is 5.91 Å². The molecule has 2 rings (SSSR count). The molecule has 0 saturated carbocycles. The van der Waals surface area contributed by atoms with Crippen molar-refractivity contribution < 1.29 is 13.9 Å². The Labute approximate surface area is 106 Å². The highest BCUT2D eigenvalue weighted by Crippen LogP contribution is 2.29. The summed E-state index contributed by atoms with van der Waals surface area (Å²) >= 11 is 0. The van der Waals surface area contributed by atoms with E-state index < -0.39 is 0 Å². The van der Waals surface area contributed by atoms with Crippen LogP contribution < -0.4 is 10.1 Å². The molecule has 1 N–H and O–H groups in total. The van der Waals surface area contributed by atoms with Gasteiger partial charge in [0, 0.05) is 12.0 Å². The summed E-state index contributed by atoms with van der Waals surface area (Å²) in [6, 6.07) is 4.97. The maximum absolute atomic E-state index is 13.6. The van der Waals surface area contributed by atoms with E-state index in [-0.39, 0.29) is 23.0 Å². The van der Waals surface area contributed by atoms with Gasteiger partial charge < -0.3 is 10.1 Å². The van der Waals surface area contributed by atoms with Crippen LogP contribution >= 0.6 is 0 Å². The quantitative estimate of drug-likeness (QED) is 0.892. The molecule has 1 aromatic carbocycles. The van der Waals surface area contributed by atoms with Crippen LogP contribution in [0.15, 0.2) is 18.2 Å². The number of methoxy groups -OCH3 is 1. The molecule has 1 fully saturated rings. The van der Waals surface area contributed by atoms with Gasteiger partial charge in [-0.3, -0.25) is 4.79 Å². The van der Waals surface area contributed by atoms with Crippen LogP contribution in [0.4, 0.5) is 4.39 Å². The molecule has 1 atom stereocenters. The van der Waals surface area contributed by atoms with Gasteiger partial charge in [0.25, 0.3) is 0 Å². The molecule has 0 spiro atoms. The summed E-state index contributed by atoms with van der Waals surface area (Å²) in [7, 11) is 1.45. The van der Waals surface area contributed by atoms with Crippen molar-refractivity contribution in [3.63, 3.8) is 0 Å². The molecule has 1 aliphatic rings. The van der Waals surface area contributed by atoms with Crippen LogP contribution in [0.25, 0.3) is 0 Å². The second kappa shape index (κ2) is 4.96. The first kappa shape index (κ1) is 12.9. The fraction of sp³-hybridized carbons (Fsp3) is 0.500. The molecule has 0 aromatic heterocycles. The number of carbonyl (C=O) groups excluding carboxylic acids is 1. The summed E-state index contributed by atoms with van der Waals surface area (Å²) in [5.74, 6) is -0.0174. The lowest BCUT2D eigenvalue weighted by molar-refractivity contribution is -0.119. The molecular formula is C14H18FNO2. The first-order chi connectivity index (χ1) is 8.58. The SMILES string of the molecule is CCC1(Cc2ccc(OC)c(F)c2)CCC(=O)N1. The fourth-order valence-corrected chi connectivity index (χ4v) is 2.51. The van der Waals surface area contributed by atoms with E-state index in [1.807, 2.05) is 13.0 Å². The van der Waals surface area contributed by atoms with E-state index in [2.05, 4.69) is 5.32 Å². The van der Waals surface area contributed by atoms with Crippen LogP contribution in [0.1, 0.15) is 31.7 Å². The Morgan fingerprint density at radius 3 is 2.78 bits per heavy atom. The van der Waals surface area contributed by atoms with E-state index in [4.69, 9.17) is 4.74 Å². The number of hydrogen-bond acceptors (Lipinski definition) is 2. The van der Waals surface area contributed by atoms with Crippen LogP contribution in [0.3, 0.4) is 0 Å². The van der Waals surface area contributed by atoms with Crippen molar-refractivity contribution in [2.24, 2.45) is 0 Å². The molecule has 1 aromatic rings. The second-order valence-electron chi connectivity index (χ2n) is 4.83. The minimum absolute atomic E-state index is 0.0887. The number of benzene rings is 1. The van der Waals surface area contributed by atoms with Crippen molar-refractivity contribution in [1.29, 1.82) is 0 Å². The first-order valence-corrected chi connectivity index (χ1v) is 6.22. The minimum Gasteiger partial charge on any atom is -0.494 e. The largest absolute Gasteiger partial charge is 0.494 e. The zero-order valence-electron chi connectivity index (χ0n) is 10.8. The highest BCUT2D eigenvalue weighted by Gasteiger charge is 2.36. The predicted octanol–water partition coefficient (Wildman–Crippen LogP) is 2.44. The third-order valence-electron chi connectivity index (χ3n) is 3.67.